The van der Waals surface area contributed by atoms with Gasteiger partial charge in [0.1, 0.15) is 0 Å². The average Bonchev–Trinajstić information content (AvgIpc) is 2.35. The van der Waals surface area contributed by atoms with Gasteiger partial charge in [-0.15, -0.1) is 0 Å². The maximum atomic E-state index is 11.1. The van der Waals surface area contributed by atoms with Crippen LogP contribution in [0.25, 0.3) is 0 Å². The molecule has 100 valence electrons. The van der Waals surface area contributed by atoms with E-state index in [0.29, 0.717) is 17.2 Å². The molecule has 1 aromatic rings. The normalized spacial score (nSPS) is 12.2. The molecule has 0 fully saturated rings. The second-order valence-electron chi connectivity index (χ2n) is 4.69. The van der Waals surface area contributed by atoms with Gasteiger partial charge in [0.2, 0.25) is 5.91 Å². The van der Waals surface area contributed by atoms with Crippen molar-refractivity contribution in [3.63, 3.8) is 0 Å². The highest BCUT2D eigenvalue weighted by Crippen LogP contribution is 2.25. The van der Waals surface area contributed by atoms with E-state index in [9.17, 15) is 4.79 Å². The van der Waals surface area contributed by atoms with Crippen LogP contribution in [0.15, 0.2) is 18.2 Å². The summed E-state index contributed by atoms with van der Waals surface area (Å²) in [6.07, 6.45) is 1.13. The topological polar surface area (TPSA) is 72.3 Å². The maximum Gasteiger partial charge on any atom is 0.248 e. The molecular weight excluding hydrogens is 226 g/mol. The largest absolute Gasteiger partial charge is 0.397 e. The Bertz CT molecular complexity index is 418. The third kappa shape index (κ3) is 3.39. The van der Waals surface area contributed by atoms with Crippen LogP contribution in [0.3, 0.4) is 0 Å². The van der Waals surface area contributed by atoms with Gasteiger partial charge in [0, 0.05) is 18.7 Å². The minimum atomic E-state index is -0.446. The Morgan fingerprint density at radius 1 is 1.39 bits per heavy atom. The molecule has 1 aromatic carbocycles. The molecule has 0 radical (unpaired) electrons. The smallest absolute Gasteiger partial charge is 0.248 e. The lowest BCUT2D eigenvalue weighted by Gasteiger charge is -2.27. The van der Waals surface area contributed by atoms with Crippen LogP contribution < -0.4 is 16.4 Å². The van der Waals surface area contributed by atoms with Crippen molar-refractivity contribution in [3.05, 3.63) is 23.8 Å². The zero-order valence-corrected chi connectivity index (χ0v) is 11.4. The van der Waals surface area contributed by atoms with E-state index in [1.165, 1.54) is 0 Å². The van der Waals surface area contributed by atoms with Gasteiger partial charge < -0.3 is 16.4 Å². The van der Waals surface area contributed by atoms with Crippen LogP contribution >= 0.6 is 0 Å². The Balaban J connectivity index is 2.96. The molecule has 1 amide bonds. The lowest BCUT2D eigenvalue weighted by atomic mass is 10.1. The van der Waals surface area contributed by atoms with Crippen LogP contribution in [0.2, 0.25) is 0 Å². The van der Waals surface area contributed by atoms with Crippen LogP contribution in [-0.2, 0) is 0 Å². The second-order valence-corrected chi connectivity index (χ2v) is 4.69. The molecule has 1 atom stereocenters. The van der Waals surface area contributed by atoms with Crippen LogP contribution in [0, 0.1) is 5.92 Å². The fourth-order valence-corrected chi connectivity index (χ4v) is 1.90. The van der Waals surface area contributed by atoms with Gasteiger partial charge in [-0.25, -0.2) is 0 Å². The van der Waals surface area contributed by atoms with Crippen molar-refractivity contribution < 1.29 is 4.79 Å². The first-order valence-electron chi connectivity index (χ1n) is 6.43. The number of carbonyl (C=O) groups excluding carboxylic acids is 1. The Morgan fingerprint density at radius 3 is 2.50 bits per heavy atom. The highest BCUT2D eigenvalue weighted by molar-refractivity contribution is 5.94. The molecule has 0 spiro atoms. The van der Waals surface area contributed by atoms with E-state index >= 15 is 0 Å². The Kier molecular flexibility index (Phi) is 5.01. The van der Waals surface area contributed by atoms with Crippen molar-refractivity contribution in [1.29, 1.82) is 0 Å². The van der Waals surface area contributed by atoms with Crippen LogP contribution in [0.5, 0.6) is 0 Å². The Labute approximate surface area is 109 Å². The molecule has 0 aromatic heterocycles. The van der Waals surface area contributed by atoms with Crippen LogP contribution in [0.4, 0.5) is 11.4 Å². The predicted molar refractivity (Wildman–Crippen MR) is 76.7 cm³/mol. The average molecular weight is 249 g/mol. The molecule has 0 bridgehead atoms. The number of benzene rings is 1. The van der Waals surface area contributed by atoms with Crippen molar-refractivity contribution in [2.24, 2.45) is 11.7 Å². The van der Waals surface area contributed by atoms with Gasteiger partial charge >= 0.3 is 0 Å². The van der Waals surface area contributed by atoms with E-state index in [1.54, 1.807) is 12.1 Å². The Morgan fingerprint density at radius 2 is 2.06 bits per heavy atom. The van der Waals surface area contributed by atoms with E-state index in [-0.39, 0.29) is 0 Å². The summed E-state index contributed by atoms with van der Waals surface area (Å²) in [5, 5.41) is 0. The first kappa shape index (κ1) is 14.4. The number of carbonyl (C=O) groups is 1. The first-order chi connectivity index (χ1) is 8.49. The highest BCUT2D eigenvalue weighted by atomic mass is 16.1. The van der Waals surface area contributed by atoms with Crippen molar-refractivity contribution in [2.45, 2.75) is 27.2 Å². The summed E-state index contributed by atoms with van der Waals surface area (Å²) in [4.78, 5) is 13.3. The highest BCUT2D eigenvalue weighted by Gasteiger charge is 2.12. The van der Waals surface area contributed by atoms with E-state index in [1.807, 2.05) is 6.07 Å². The van der Waals surface area contributed by atoms with E-state index < -0.39 is 5.91 Å². The fraction of sp³-hybridized carbons (Fsp3) is 0.500. The predicted octanol–water partition coefficient (Wildman–Crippen LogP) is 2.24. The van der Waals surface area contributed by atoms with Gasteiger partial charge in [-0.2, -0.15) is 0 Å². The molecule has 0 aliphatic rings. The van der Waals surface area contributed by atoms with Crippen molar-refractivity contribution in [2.75, 3.05) is 23.7 Å². The third-order valence-electron chi connectivity index (χ3n) is 3.26. The minimum absolute atomic E-state index is 0.446. The monoisotopic (exact) mass is 249 g/mol. The van der Waals surface area contributed by atoms with Gasteiger partial charge in [0.15, 0.2) is 0 Å². The summed E-state index contributed by atoms with van der Waals surface area (Å²) in [6, 6.07) is 5.26. The molecule has 0 saturated heterocycles. The lowest BCUT2D eigenvalue weighted by Crippen LogP contribution is -2.29. The van der Waals surface area contributed by atoms with Crippen LogP contribution in [0.1, 0.15) is 37.6 Å². The number of nitrogens with two attached hydrogens (primary N) is 2. The number of nitrogens with zero attached hydrogens (tertiary/aromatic N) is 1. The van der Waals surface area contributed by atoms with Gasteiger partial charge in [-0.05, 0) is 31.0 Å². The maximum absolute atomic E-state index is 11.1. The van der Waals surface area contributed by atoms with Gasteiger partial charge in [0.05, 0.1) is 11.4 Å². The summed E-state index contributed by atoms with van der Waals surface area (Å²) < 4.78 is 0. The number of hydrogen-bond acceptors (Lipinski definition) is 3. The summed E-state index contributed by atoms with van der Waals surface area (Å²) >= 11 is 0. The summed E-state index contributed by atoms with van der Waals surface area (Å²) in [5.74, 6) is 0.165. The van der Waals surface area contributed by atoms with Crippen molar-refractivity contribution >= 4 is 17.3 Å². The number of hydrogen-bond donors (Lipinski definition) is 2. The van der Waals surface area contributed by atoms with Crippen molar-refractivity contribution in [1.82, 2.24) is 0 Å². The molecule has 0 heterocycles. The molecule has 1 rings (SSSR count). The number of primary amides is 1. The first-order valence-corrected chi connectivity index (χ1v) is 6.43. The number of anilines is 2. The fourth-order valence-electron chi connectivity index (χ4n) is 1.90. The SMILES string of the molecule is CCC(C)CN(CC)c1ccc(C(N)=O)cc1N. The molecule has 18 heavy (non-hydrogen) atoms. The zero-order valence-electron chi connectivity index (χ0n) is 11.4. The quantitative estimate of drug-likeness (QED) is 0.759. The van der Waals surface area contributed by atoms with Crippen LogP contribution in [-0.4, -0.2) is 19.0 Å². The van der Waals surface area contributed by atoms with E-state index in [4.69, 9.17) is 11.5 Å². The van der Waals surface area contributed by atoms with Gasteiger partial charge in [0.25, 0.3) is 0 Å². The molecule has 4 heteroatoms. The van der Waals surface area contributed by atoms with Gasteiger partial charge in [-0.1, -0.05) is 20.3 Å². The van der Waals surface area contributed by atoms with E-state index in [2.05, 4.69) is 25.7 Å². The van der Waals surface area contributed by atoms with Crippen molar-refractivity contribution in [3.8, 4) is 0 Å². The molecule has 1 unspecified atom stereocenters. The molecule has 0 saturated carbocycles. The number of amides is 1. The summed E-state index contributed by atoms with van der Waals surface area (Å²) in [6.45, 7) is 8.36. The zero-order chi connectivity index (χ0) is 13.7. The molecule has 4 N–H and O–H groups in total. The summed E-state index contributed by atoms with van der Waals surface area (Å²) in [7, 11) is 0. The van der Waals surface area contributed by atoms with E-state index in [0.717, 1.165) is 25.2 Å². The third-order valence-corrected chi connectivity index (χ3v) is 3.26. The number of nitrogen functional groups attached to an aromatic ring is 1. The van der Waals surface area contributed by atoms with Gasteiger partial charge in [-0.3, -0.25) is 4.79 Å². The second kappa shape index (κ2) is 6.28. The number of rotatable bonds is 6. The lowest BCUT2D eigenvalue weighted by molar-refractivity contribution is 0.100. The molecule has 0 aliphatic heterocycles. The minimum Gasteiger partial charge on any atom is -0.397 e. The molecule has 0 aliphatic carbocycles. The summed E-state index contributed by atoms with van der Waals surface area (Å²) in [5.41, 5.74) is 13.3. The molecular formula is C14H23N3O. The standard InChI is InChI=1S/C14H23N3O/c1-4-10(3)9-17(5-2)13-7-6-11(14(16)18)8-12(13)15/h6-8,10H,4-5,9,15H2,1-3H3,(H2,16,18). The molecule has 4 nitrogen and oxygen atoms in total. The Hall–Kier alpha value is -1.71.